The molecule has 3 aromatic rings. The smallest absolute Gasteiger partial charge is 0.508 e. The summed E-state index contributed by atoms with van der Waals surface area (Å²) < 4.78 is 35.5. The Bertz CT molecular complexity index is 1780. The van der Waals surface area contributed by atoms with Crippen molar-refractivity contribution in [1.82, 2.24) is 10.6 Å². The Labute approximate surface area is 385 Å². The lowest BCUT2D eigenvalue weighted by atomic mass is 10.1. The Kier molecular flexibility index (Phi) is 24.9. The van der Waals surface area contributed by atoms with E-state index in [4.69, 9.17) is 44.0 Å². The van der Waals surface area contributed by atoms with Crippen molar-refractivity contribution in [2.45, 2.75) is 144 Å². The van der Waals surface area contributed by atoms with Gasteiger partial charge in [0, 0.05) is 0 Å². The first-order chi connectivity index (χ1) is 30.3. The molecule has 0 saturated carbocycles. The fraction of sp³-hybridized carbons (Fsp3) is 0.531. The number of hydrogen-bond donors (Lipinski definition) is 4. The van der Waals surface area contributed by atoms with Crippen LogP contribution >= 0.6 is 0 Å². The summed E-state index contributed by atoms with van der Waals surface area (Å²) in [5.74, 6) is 0.0153. The number of likely N-dealkylation sites (N-methyl/N-ethyl adjacent to an activating group) is 2. The zero-order valence-corrected chi connectivity index (χ0v) is 40.5. The molecule has 0 heterocycles. The maximum absolute atomic E-state index is 12.3. The Morgan fingerprint density at radius 1 is 0.508 bits per heavy atom. The molecule has 0 spiro atoms. The molecule has 16 heteroatoms. The van der Waals surface area contributed by atoms with E-state index in [-0.39, 0.29) is 30.9 Å². The Balaban J connectivity index is 0.000000496. The highest BCUT2D eigenvalue weighted by atomic mass is 16.7. The van der Waals surface area contributed by atoms with E-state index >= 15 is 0 Å². The monoisotopic (exact) mass is 912 g/mol. The van der Waals surface area contributed by atoms with Gasteiger partial charge in [-0.05, 0) is 162 Å². The number of ether oxygens (including phenoxy) is 7. The minimum atomic E-state index is -0.732. The third kappa shape index (κ3) is 26.6. The average Bonchev–Trinajstić information content (AvgIpc) is 3.18. The second-order valence-electron chi connectivity index (χ2n) is 17.6. The highest BCUT2D eigenvalue weighted by molar-refractivity contribution is 5.77. The number of carbonyl (C=O) groups excluding carboxylic acids is 5. The number of benzene rings is 3. The van der Waals surface area contributed by atoms with Gasteiger partial charge in [-0.15, -0.1) is 0 Å². The number of rotatable bonds is 17. The fourth-order valence-electron chi connectivity index (χ4n) is 5.41. The van der Waals surface area contributed by atoms with Crippen molar-refractivity contribution in [3.05, 3.63) is 89.5 Å². The van der Waals surface area contributed by atoms with Crippen LogP contribution in [0.25, 0.3) is 0 Å². The molecule has 3 rings (SSSR count). The first-order valence-electron chi connectivity index (χ1n) is 21.8. The van der Waals surface area contributed by atoms with Gasteiger partial charge in [0.25, 0.3) is 0 Å². The van der Waals surface area contributed by atoms with E-state index in [2.05, 4.69) is 10.6 Å². The van der Waals surface area contributed by atoms with Gasteiger partial charge in [0.2, 0.25) is 0 Å². The SMILES string of the molecule is CC(C)(C)OC(=O)C(N)Cc1ccc(O)cc1.CCNC(Cc1ccc(OC(=O)OCC)cc1)C(=O)OC(C)(C)C.CCNC(Cc1ccc(OC(=O)OCC)cc1)C(=O)OC(C)(C)C. The minimum Gasteiger partial charge on any atom is -0.508 e. The van der Waals surface area contributed by atoms with Gasteiger partial charge in [0.15, 0.2) is 0 Å². The van der Waals surface area contributed by atoms with Gasteiger partial charge in [-0.2, -0.15) is 0 Å². The summed E-state index contributed by atoms with van der Waals surface area (Å²) >= 11 is 0. The van der Waals surface area contributed by atoms with Crippen LogP contribution in [0.5, 0.6) is 17.2 Å². The van der Waals surface area contributed by atoms with Gasteiger partial charge in [0.05, 0.1) is 13.2 Å². The molecular formula is C49H73N3O13. The molecule has 5 N–H and O–H groups in total. The summed E-state index contributed by atoms with van der Waals surface area (Å²) in [7, 11) is 0. The second-order valence-corrected chi connectivity index (χ2v) is 17.6. The Morgan fingerprint density at radius 3 is 1.12 bits per heavy atom. The zero-order valence-electron chi connectivity index (χ0n) is 40.5. The number of nitrogens with one attached hydrogen (secondary N) is 2. The van der Waals surface area contributed by atoms with Crippen LogP contribution < -0.4 is 25.8 Å². The van der Waals surface area contributed by atoms with Crippen LogP contribution in [0.3, 0.4) is 0 Å². The van der Waals surface area contributed by atoms with Crippen molar-refractivity contribution in [1.29, 1.82) is 0 Å². The molecule has 0 radical (unpaired) electrons. The lowest BCUT2D eigenvalue weighted by Crippen LogP contribution is -2.42. The lowest BCUT2D eigenvalue weighted by Gasteiger charge is -2.24. The van der Waals surface area contributed by atoms with Gasteiger partial charge in [-0.3, -0.25) is 14.4 Å². The molecule has 0 aliphatic heterocycles. The molecule has 0 aliphatic carbocycles. The normalized spacial score (nSPS) is 12.6. The summed E-state index contributed by atoms with van der Waals surface area (Å²) in [6, 6.07) is 19.0. The van der Waals surface area contributed by atoms with Crippen molar-refractivity contribution >= 4 is 30.2 Å². The quantitative estimate of drug-likeness (QED) is 0.0577. The predicted octanol–water partition coefficient (Wildman–Crippen LogP) is 7.77. The van der Waals surface area contributed by atoms with Crippen molar-refractivity contribution in [2.24, 2.45) is 5.73 Å². The number of hydrogen-bond acceptors (Lipinski definition) is 16. The Hall–Kier alpha value is -5.71. The van der Waals surface area contributed by atoms with Gasteiger partial charge >= 0.3 is 30.2 Å². The van der Waals surface area contributed by atoms with E-state index < -0.39 is 53.2 Å². The number of nitrogens with two attached hydrogens (primary N) is 1. The maximum Gasteiger partial charge on any atom is 0.513 e. The van der Waals surface area contributed by atoms with E-state index in [1.165, 1.54) is 0 Å². The Morgan fingerprint density at radius 2 is 0.815 bits per heavy atom. The topological polar surface area (TPSA) is 220 Å². The van der Waals surface area contributed by atoms with Crippen LogP contribution in [0.1, 0.15) is 107 Å². The van der Waals surface area contributed by atoms with Gasteiger partial charge in [-0.25, -0.2) is 9.59 Å². The van der Waals surface area contributed by atoms with Gasteiger partial charge in [0.1, 0.15) is 52.2 Å². The van der Waals surface area contributed by atoms with Crippen LogP contribution in [0, 0.1) is 0 Å². The molecule has 0 fully saturated rings. The fourth-order valence-corrected chi connectivity index (χ4v) is 5.41. The van der Waals surface area contributed by atoms with Crippen LogP contribution in [-0.2, 0) is 57.3 Å². The maximum atomic E-state index is 12.3. The van der Waals surface area contributed by atoms with E-state index in [0.717, 1.165) is 16.7 Å². The molecular weight excluding hydrogens is 839 g/mol. The number of esters is 3. The summed E-state index contributed by atoms with van der Waals surface area (Å²) in [5, 5.41) is 15.4. The molecule has 65 heavy (non-hydrogen) atoms. The number of carbonyl (C=O) groups is 5. The highest BCUT2D eigenvalue weighted by Crippen LogP contribution is 2.18. The molecule has 16 nitrogen and oxygen atoms in total. The molecule has 3 unspecified atom stereocenters. The third-order valence-electron chi connectivity index (χ3n) is 8.04. The largest absolute Gasteiger partial charge is 0.513 e. The summed E-state index contributed by atoms with van der Waals surface area (Å²) in [5.41, 5.74) is 6.94. The molecule has 0 bridgehead atoms. The molecule has 362 valence electrons. The third-order valence-corrected chi connectivity index (χ3v) is 8.04. The van der Waals surface area contributed by atoms with E-state index in [1.54, 1.807) is 83.1 Å². The first kappa shape index (κ1) is 57.3. The van der Waals surface area contributed by atoms with Crippen molar-refractivity contribution in [3.63, 3.8) is 0 Å². The van der Waals surface area contributed by atoms with E-state index in [1.807, 2.05) is 79.7 Å². The highest BCUT2D eigenvalue weighted by Gasteiger charge is 2.26. The summed E-state index contributed by atoms with van der Waals surface area (Å²) in [6.45, 7) is 25.6. The second kappa shape index (κ2) is 28.3. The van der Waals surface area contributed by atoms with Crippen LogP contribution in [0.4, 0.5) is 9.59 Å². The van der Waals surface area contributed by atoms with Crippen LogP contribution in [0.15, 0.2) is 72.8 Å². The average molecular weight is 912 g/mol. The molecule has 3 atom stereocenters. The van der Waals surface area contributed by atoms with Gasteiger partial charge < -0.3 is 54.6 Å². The number of phenols is 1. The van der Waals surface area contributed by atoms with E-state index in [0.29, 0.717) is 43.9 Å². The lowest BCUT2D eigenvalue weighted by molar-refractivity contribution is -0.158. The minimum absolute atomic E-state index is 0.194. The molecule has 0 saturated heterocycles. The summed E-state index contributed by atoms with van der Waals surface area (Å²) in [4.78, 5) is 58.7. The standard InChI is InChI=1S/2C18H27NO5.C13H19NO3/c2*1-6-19-15(16(20)24-18(3,4)5)12-13-8-10-14(11-9-13)23-17(21)22-7-2;1-13(2,3)17-12(16)11(14)8-9-4-6-10(15)7-5-9/h2*8-11,15,19H,6-7,12H2,1-5H3;4-7,11,15H,8,14H2,1-3H3. The zero-order chi connectivity index (χ0) is 49.4. The number of aromatic hydroxyl groups is 1. The number of phenolic OH excluding ortho intramolecular Hbond substituents is 1. The van der Waals surface area contributed by atoms with Gasteiger partial charge in [-0.1, -0.05) is 50.2 Å². The molecule has 3 aromatic carbocycles. The predicted molar refractivity (Wildman–Crippen MR) is 248 cm³/mol. The molecule has 0 amide bonds. The van der Waals surface area contributed by atoms with Crippen molar-refractivity contribution in [3.8, 4) is 17.2 Å². The van der Waals surface area contributed by atoms with Crippen LogP contribution in [0.2, 0.25) is 0 Å². The molecule has 0 aliphatic rings. The summed E-state index contributed by atoms with van der Waals surface area (Å²) in [6.07, 6.45) is -0.0888. The van der Waals surface area contributed by atoms with Crippen molar-refractivity contribution < 1.29 is 62.2 Å². The molecule has 0 aromatic heterocycles. The first-order valence-corrected chi connectivity index (χ1v) is 21.8. The van der Waals surface area contributed by atoms with Crippen LogP contribution in [-0.4, -0.2) is 96.6 Å². The van der Waals surface area contributed by atoms with E-state index in [9.17, 15) is 24.0 Å². The van der Waals surface area contributed by atoms with Crippen molar-refractivity contribution in [2.75, 3.05) is 26.3 Å².